The van der Waals surface area contributed by atoms with Crippen molar-refractivity contribution in [2.75, 3.05) is 11.9 Å². The lowest BCUT2D eigenvalue weighted by atomic mass is 9.90. The van der Waals surface area contributed by atoms with E-state index in [0.717, 1.165) is 13.0 Å². The molecule has 0 aliphatic heterocycles. The molecular formula is C10H16N2O2S. The van der Waals surface area contributed by atoms with Gasteiger partial charge in [-0.15, -0.1) is 0 Å². The van der Waals surface area contributed by atoms with Gasteiger partial charge < -0.3 is 10.4 Å². The molecule has 1 rings (SSSR count). The van der Waals surface area contributed by atoms with Crippen molar-refractivity contribution in [2.24, 2.45) is 5.41 Å². The lowest BCUT2D eigenvalue weighted by Crippen LogP contribution is -2.21. The highest BCUT2D eigenvalue weighted by molar-refractivity contribution is 7.17. The molecule has 0 aromatic carbocycles. The van der Waals surface area contributed by atoms with Crippen LogP contribution in [0.2, 0.25) is 0 Å². The topological polar surface area (TPSA) is 62.2 Å². The Morgan fingerprint density at radius 2 is 2.33 bits per heavy atom. The Morgan fingerprint density at radius 1 is 1.67 bits per heavy atom. The molecule has 84 valence electrons. The fraction of sp³-hybridized carbons (Fsp3) is 0.600. The Hall–Kier alpha value is -1.10. The van der Waals surface area contributed by atoms with Gasteiger partial charge >= 0.3 is 5.97 Å². The molecule has 0 bridgehead atoms. The Morgan fingerprint density at radius 3 is 2.80 bits per heavy atom. The van der Waals surface area contributed by atoms with E-state index in [0.29, 0.717) is 5.13 Å². The summed E-state index contributed by atoms with van der Waals surface area (Å²) in [5.74, 6) is -0.921. The SMILES string of the molecule is CCC(C)(C)CNc1ncc(C(=O)O)s1. The number of rotatable bonds is 5. The molecule has 2 N–H and O–H groups in total. The summed E-state index contributed by atoms with van der Waals surface area (Å²) in [7, 11) is 0. The van der Waals surface area contributed by atoms with Crippen LogP contribution in [0.15, 0.2) is 6.20 Å². The van der Waals surface area contributed by atoms with E-state index < -0.39 is 5.97 Å². The maximum absolute atomic E-state index is 10.6. The highest BCUT2D eigenvalue weighted by atomic mass is 32.1. The average Bonchev–Trinajstić information content (AvgIpc) is 2.63. The van der Waals surface area contributed by atoms with Gasteiger partial charge in [0.05, 0.1) is 6.20 Å². The normalized spacial score (nSPS) is 11.4. The molecule has 1 aromatic heterocycles. The molecule has 15 heavy (non-hydrogen) atoms. The largest absolute Gasteiger partial charge is 0.477 e. The number of carbonyl (C=O) groups is 1. The molecule has 0 fully saturated rings. The molecule has 0 saturated heterocycles. The molecule has 1 heterocycles. The first-order valence-corrected chi connectivity index (χ1v) is 5.69. The minimum Gasteiger partial charge on any atom is -0.477 e. The van der Waals surface area contributed by atoms with Gasteiger partial charge in [-0.1, -0.05) is 32.1 Å². The summed E-state index contributed by atoms with van der Waals surface area (Å²) in [5.41, 5.74) is 0.203. The average molecular weight is 228 g/mol. The lowest BCUT2D eigenvalue weighted by molar-refractivity contribution is 0.0702. The number of hydrogen-bond donors (Lipinski definition) is 2. The van der Waals surface area contributed by atoms with E-state index >= 15 is 0 Å². The predicted molar refractivity (Wildman–Crippen MR) is 61.6 cm³/mol. The molecule has 4 nitrogen and oxygen atoms in total. The van der Waals surface area contributed by atoms with Crippen molar-refractivity contribution in [3.8, 4) is 0 Å². The number of carboxylic acid groups (broad SMARTS) is 1. The van der Waals surface area contributed by atoms with Crippen LogP contribution < -0.4 is 5.32 Å². The van der Waals surface area contributed by atoms with Crippen LogP contribution in [0.1, 0.15) is 36.9 Å². The van der Waals surface area contributed by atoms with Gasteiger partial charge in [0.15, 0.2) is 5.13 Å². The number of anilines is 1. The molecule has 0 saturated carbocycles. The molecule has 1 aromatic rings. The van der Waals surface area contributed by atoms with Crippen molar-refractivity contribution in [3.63, 3.8) is 0 Å². The Labute approximate surface area is 93.4 Å². The van der Waals surface area contributed by atoms with Gasteiger partial charge in [0, 0.05) is 6.54 Å². The fourth-order valence-electron chi connectivity index (χ4n) is 0.895. The second-order valence-electron chi connectivity index (χ2n) is 4.21. The molecule has 5 heteroatoms. The first kappa shape index (κ1) is 12.0. The number of nitrogens with zero attached hydrogens (tertiary/aromatic N) is 1. The first-order chi connectivity index (χ1) is 6.94. The third kappa shape index (κ3) is 3.51. The smallest absolute Gasteiger partial charge is 0.347 e. The van der Waals surface area contributed by atoms with Crippen molar-refractivity contribution >= 4 is 22.4 Å². The molecule has 0 aliphatic rings. The Bertz CT molecular complexity index is 347. The summed E-state index contributed by atoms with van der Waals surface area (Å²) in [5, 5.41) is 12.5. The highest BCUT2D eigenvalue weighted by Gasteiger charge is 2.16. The standard InChI is InChI=1S/C10H16N2O2S/c1-4-10(2,3)6-12-9-11-5-7(15-9)8(13)14/h5H,4,6H2,1-3H3,(H,11,12)(H,13,14). The van der Waals surface area contributed by atoms with E-state index in [1.54, 1.807) is 0 Å². The van der Waals surface area contributed by atoms with Crippen LogP contribution in [0.5, 0.6) is 0 Å². The Kier molecular flexibility index (Phi) is 3.68. The van der Waals surface area contributed by atoms with Gasteiger partial charge in [0.25, 0.3) is 0 Å². The van der Waals surface area contributed by atoms with Crippen LogP contribution in [-0.4, -0.2) is 22.6 Å². The third-order valence-corrected chi connectivity index (χ3v) is 3.33. The van der Waals surface area contributed by atoms with Crippen molar-refractivity contribution < 1.29 is 9.90 Å². The van der Waals surface area contributed by atoms with E-state index in [9.17, 15) is 4.79 Å². The zero-order valence-electron chi connectivity index (χ0n) is 9.20. The summed E-state index contributed by atoms with van der Waals surface area (Å²) in [4.78, 5) is 14.9. The van der Waals surface area contributed by atoms with Crippen molar-refractivity contribution in [2.45, 2.75) is 27.2 Å². The molecule has 0 unspecified atom stereocenters. The number of aromatic carboxylic acids is 1. The van der Waals surface area contributed by atoms with Gasteiger partial charge in [-0.25, -0.2) is 9.78 Å². The number of carboxylic acids is 1. The summed E-state index contributed by atoms with van der Waals surface area (Å²) in [6.07, 6.45) is 2.45. The monoisotopic (exact) mass is 228 g/mol. The van der Waals surface area contributed by atoms with E-state index in [4.69, 9.17) is 5.11 Å². The van der Waals surface area contributed by atoms with Crippen molar-refractivity contribution in [1.29, 1.82) is 0 Å². The summed E-state index contributed by atoms with van der Waals surface area (Å²) in [6, 6.07) is 0. The zero-order chi connectivity index (χ0) is 11.5. The van der Waals surface area contributed by atoms with Crippen LogP contribution in [0.3, 0.4) is 0 Å². The Balaban J connectivity index is 2.55. The maximum Gasteiger partial charge on any atom is 0.347 e. The molecule has 0 radical (unpaired) electrons. The fourth-order valence-corrected chi connectivity index (χ4v) is 1.55. The second kappa shape index (κ2) is 4.61. The van der Waals surface area contributed by atoms with Crippen LogP contribution in [0, 0.1) is 5.41 Å². The van der Waals surface area contributed by atoms with Crippen LogP contribution in [0.4, 0.5) is 5.13 Å². The minimum atomic E-state index is -0.921. The van der Waals surface area contributed by atoms with Crippen LogP contribution >= 0.6 is 11.3 Å². The predicted octanol–water partition coefficient (Wildman–Crippen LogP) is 2.69. The van der Waals surface area contributed by atoms with Gasteiger partial charge in [-0.2, -0.15) is 0 Å². The number of nitrogens with one attached hydrogen (secondary N) is 1. The number of hydrogen-bond acceptors (Lipinski definition) is 4. The van der Waals surface area contributed by atoms with E-state index in [2.05, 4.69) is 31.1 Å². The minimum absolute atomic E-state index is 0.203. The van der Waals surface area contributed by atoms with Crippen molar-refractivity contribution in [3.05, 3.63) is 11.1 Å². The van der Waals surface area contributed by atoms with Gasteiger partial charge in [0.2, 0.25) is 0 Å². The van der Waals surface area contributed by atoms with Crippen LogP contribution in [0.25, 0.3) is 0 Å². The molecule has 0 amide bonds. The molecule has 0 spiro atoms. The number of aromatic nitrogens is 1. The van der Waals surface area contributed by atoms with Gasteiger partial charge in [-0.05, 0) is 11.8 Å². The highest BCUT2D eigenvalue weighted by Crippen LogP contribution is 2.23. The summed E-state index contributed by atoms with van der Waals surface area (Å²) >= 11 is 1.17. The van der Waals surface area contributed by atoms with E-state index in [1.165, 1.54) is 17.5 Å². The van der Waals surface area contributed by atoms with Crippen LogP contribution in [-0.2, 0) is 0 Å². The quantitative estimate of drug-likeness (QED) is 0.813. The lowest BCUT2D eigenvalue weighted by Gasteiger charge is -2.22. The summed E-state index contributed by atoms with van der Waals surface area (Å²) < 4.78 is 0. The second-order valence-corrected chi connectivity index (χ2v) is 5.24. The molecule has 0 atom stereocenters. The summed E-state index contributed by atoms with van der Waals surface area (Å²) in [6.45, 7) is 7.25. The molecule has 0 aliphatic carbocycles. The van der Waals surface area contributed by atoms with E-state index in [1.807, 2.05) is 0 Å². The van der Waals surface area contributed by atoms with Crippen molar-refractivity contribution in [1.82, 2.24) is 4.98 Å². The maximum atomic E-state index is 10.6. The third-order valence-electron chi connectivity index (χ3n) is 2.39. The van der Waals surface area contributed by atoms with Gasteiger partial charge in [-0.3, -0.25) is 0 Å². The van der Waals surface area contributed by atoms with E-state index in [-0.39, 0.29) is 10.3 Å². The first-order valence-electron chi connectivity index (χ1n) is 4.87. The van der Waals surface area contributed by atoms with Gasteiger partial charge in [0.1, 0.15) is 4.88 Å². The molecular weight excluding hydrogens is 212 g/mol. The number of thiazole rings is 1. The zero-order valence-corrected chi connectivity index (χ0v) is 10.0.